The smallest absolute Gasteiger partial charge is 0.183 e. The third-order valence-corrected chi connectivity index (χ3v) is 0. The van der Waals surface area contributed by atoms with Crippen molar-refractivity contribution in [3.05, 3.63) is 0 Å². The highest BCUT2D eigenvalue weighted by Gasteiger charge is 1.52. The molecule has 0 aliphatic heterocycles. The van der Waals surface area contributed by atoms with Crippen LogP contribution in [0.5, 0.6) is 0 Å². The molecule has 38 valence electrons. The van der Waals surface area contributed by atoms with Gasteiger partial charge >= 0.3 is 0 Å². The van der Waals surface area contributed by atoms with E-state index in [0.29, 0.717) is 0 Å². The number of rotatable bonds is 0. The van der Waals surface area contributed by atoms with Gasteiger partial charge in [0.2, 0.25) is 0 Å². The van der Waals surface area contributed by atoms with Crippen LogP contribution in [0.4, 0.5) is 0 Å². The molecule has 0 aromatic heterocycles. The van der Waals surface area contributed by atoms with Crippen molar-refractivity contribution < 1.29 is 4.66 Å². The Morgan fingerprint density at radius 3 is 1.50 bits per heavy atom. The van der Waals surface area contributed by atoms with Gasteiger partial charge in [0, 0.05) is 0 Å². The van der Waals surface area contributed by atoms with Crippen LogP contribution in [0.1, 0.15) is 0 Å². The minimum atomic E-state index is -0.333. The van der Waals surface area contributed by atoms with Gasteiger partial charge in [-0.3, -0.25) is 10.1 Å². The minimum absolute atomic E-state index is 0.333. The van der Waals surface area contributed by atoms with E-state index in [1.807, 2.05) is 0 Å². The van der Waals surface area contributed by atoms with Gasteiger partial charge in [0.1, 0.15) is 0 Å². The van der Waals surface area contributed by atoms with Crippen LogP contribution in [0, 0.1) is 5.41 Å². The molecule has 0 heterocycles. The molecule has 0 aromatic rings. The van der Waals surface area contributed by atoms with Crippen LogP contribution < -0.4 is 11.5 Å². The number of hydrogen-bond acceptors (Lipinski definition) is 2. The highest BCUT2D eigenvalue weighted by atomic mass is 35.5. The van der Waals surface area contributed by atoms with Crippen molar-refractivity contribution in [2.24, 2.45) is 11.5 Å². The molecule has 0 saturated carbocycles. The van der Waals surface area contributed by atoms with Crippen LogP contribution in [0.3, 0.4) is 0 Å². The monoisotopic (exact) mass is 111 g/mol. The lowest BCUT2D eigenvalue weighted by Crippen LogP contribution is -2.20. The molecule has 0 bridgehead atoms. The maximum absolute atomic E-state index is 6.47. The molecule has 6 heavy (non-hydrogen) atoms. The summed E-state index contributed by atoms with van der Waals surface area (Å²) < 4.78 is 6.47. The molecule has 0 radical (unpaired) electrons. The van der Waals surface area contributed by atoms with E-state index < -0.39 is 0 Å². The van der Waals surface area contributed by atoms with Crippen LogP contribution in [0.25, 0.3) is 0 Å². The normalized spacial score (nSPS) is 5.00. The van der Waals surface area contributed by atoms with E-state index in [1.54, 1.807) is 0 Å². The summed E-state index contributed by atoms with van der Waals surface area (Å²) >= 11 is 3.64. The fourth-order valence-electron chi connectivity index (χ4n) is 0. The number of halogens is 1. The molecule has 0 amide bonds. The number of guanidine groups is 1. The van der Waals surface area contributed by atoms with Gasteiger partial charge in [0.05, 0.1) is 11.9 Å². The summed E-state index contributed by atoms with van der Waals surface area (Å²) in [4.78, 5) is 0. The van der Waals surface area contributed by atoms with Crippen molar-refractivity contribution in [3.8, 4) is 0 Å². The predicted octanol–water partition coefficient (Wildman–Crippen LogP) is -1.03. The van der Waals surface area contributed by atoms with Crippen molar-refractivity contribution in [1.29, 1.82) is 5.41 Å². The summed E-state index contributed by atoms with van der Waals surface area (Å²) in [6.07, 6.45) is 0. The molecule has 0 fully saturated rings. The molecule has 6 N–H and O–H groups in total. The molecule has 0 rings (SSSR count). The highest BCUT2D eigenvalue weighted by Crippen LogP contribution is 1.31. The first-order chi connectivity index (χ1) is 2.73. The van der Waals surface area contributed by atoms with Gasteiger partial charge in [0.25, 0.3) is 0 Å². The second kappa shape index (κ2) is 8.82. The van der Waals surface area contributed by atoms with E-state index in [2.05, 4.69) is 23.3 Å². The van der Waals surface area contributed by atoms with Gasteiger partial charge in [-0.15, -0.1) is 0 Å². The Labute approximate surface area is 40.4 Å². The average molecular weight is 112 g/mol. The number of hydrogen-bond donors (Lipinski definition) is 4. The summed E-state index contributed by atoms with van der Waals surface area (Å²) in [6, 6.07) is 0. The SMILES string of the molecule is N=C(N)N.OCl. The predicted molar refractivity (Wildman–Crippen MR) is 24.2 cm³/mol. The van der Waals surface area contributed by atoms with E-state index in [1.165, 1.54) is 0 Å². The molecular formula is CH6ClN3O. The van der Waals surface area contributed by atoms with Gasteiger partial charge in [0.15, 0.2) is 5.96 Å². The summed E-state index contributed by atoms with van der Waals surface area (Å²) in [6.45, 7) is 0. The van der Waals surface area contributed by atoms with Crippen LogP contribution in [0.15, 0.2) is 0 Å². The van der Waals surface area contributed by atoms with Crippen LogP contribution in [-0.4, -0.2) is 10.6 Å². The third-order valence-electron chi connectivity index (χ3n) is 0. The minimum Gasteiger partial charge on any atom is -0.370 e. The van der Waals surface area contributed by atoms with E-state index in [0.717, 1.165) is 0 Å². The van der Waals surface area contributed by atoms with E-state index in [9.17, 15) is 0 Å². The van der Waals surface area contributed by atoms with Gasteiger partial charge < -0.3 is 11.5 Å². The molecule has 5 heteroatoms. The zero-order valence-corrected chi connectivity index (χ0v) is 3.74. The summed E-state index contributed by atoms with van der Waals surface area (Å²) in [5.41, 5.74) is 8.94. The van der Waals surface area contributed by atoms with E-state index >= 15 is 0 Å². The molecule has 0 atom stereocenters. The van der Waals surface area contributed by atoms with Crippen LogP contribution in [0.2, 0.25) is 0 Å². The fraction of sp³-hybridized carbons (Fsp3) is 0. The van der Waals surface area contributed by atoms with Crippen LogP contribution >= 0.6 is 11.9 Å². The third kappa shape index (κ3) is 97.0. The lowest BCUT2D eigenvalue weighted by molar-refractivity contribution is 0.632. The Morgan fingerprint density at radius 2 is 1.50 bits per heavy atom. The standard InChI is InChI=1S/CH5N3.ClHO/c2-1(3)4;1-2/h(H5,2,3,4);2H. The first kappa shape index (κ1) is 9.10. The first-order valence-corrected chi connectivity index (χ1v) is 1.33. The van der Waals surface area contributed by atoms with Gasteiger partial charge in [-0.25, -0.2) is 0 Å². The summed E-state index contributed by atoms with van der Waals surface area (Å²) in [5, 5.41) is 6.06. The molecular weight excluding hydrogens is 105 g/mol. The van der Waals surface area contributed by atoms with E-state index in [-0.39, 0.29) is 5.96 Å². The fourth-order valence-corrected chi connectivity index (χ4v) is 0. The summed E-state index contributed by atoms with van der Waals surface area (Å²) in [5.74, 6) is -0.333. The zero-order chi connectivity index (χ0) is 5.58. The molecule has 0 aromatic carbocycles. The molecule has 0 spiro atoms. The molecule has 0 aliphatic rings. The average Bonchev–Trinajstić information content (AvgIpc) is 1.41. The lowest BCUT2D eigenvalue weighted by atomic mass is 11.1. The van der Waals surface area contributed by atoms with Crippen LogP contribution in [-0.2, 0) is 0 Å². The topological polar surface area (TPSA) is 96.1 Å². The van der Waals surface area contributed by atoms with Crippen molar-refractivity contribution in [2.45, 2.75) is 0 Å². The second-order valence-electron chi connectivity index (χ2n) is 0.455. The number of nitrogens with one attached hydrogen (secondary N) is 1. The zero-order valence-electron chi connectivity index (χ0n) is 2.98. The van der Waals surface area contributed by atoms with Gasteiger partial charge in [-0.2, -0.15) is 0 Å². The quantitative estimate of drug-likeness (QED) is 0.238. The Bertz CT molecular complexity index is 33.8. The summed E-state index contributed by atoms with van der Waals surface area (Å²) in [7, 11) is 0. The highest BCUT2D eigenvalue weighted by molar-refractivity contribution is 6.04. The maximum atomic E-state index is 6.47. The van der Waals surface area contributed by atoms with Crippen molar-refractivity contribution in [1.82, 2.24) is 0 Å². The second-order valence-corrected chi connectivity index (χ2v) is 0.455. The Balaban J connectivity index is 0. The van der Waals surface area contributed by atoms with E-state index in [4.69, 9.17) is 10.1 Å². The van der Waals surface area contributed by atoms with Gasteiger partial charge in [-0.05, 0) is 0 Å². The van der Waals surface area contributed by atoms with Crippen molar-refractivity contribution in [3.63, 3.8) is 0 Å². The molecule has 4 nitrogen and oxygen atoms in total. The largest absolute Gasteiger partial charge is 0.370 e. The Hall–Kier alpha value is -0.480. The Morgan fingerprint density at radius 1 is 1.50 bits per heavy atom. The molecule has 0 saturated heterocycles. The molecule has 0 unspecified atom stereocenters. The molecule has 0 aliphatic carbocycles. The maximum Gasteiger partial charge on any atom is 0.183 e. The van der Waals surface area contributed by atoms with Gasteiger partial charge in [-0.1, -0.05) is 0 Å². The lowest BCUT2D eigenvalue weighted by Gasteiger charge is -1.69. The van der Waals surface area contributed by atoms with Crippen molar-refractivity contribution in [2.75, 3.05) is 0 Å². The first-order valence-electron chi connectivity index (χ1n) is 0.996. The Kier molecular flexibility index (Phi) is 13.4. The van der Waals surface area contributed by atoms with Crippen molar-refractivity contribution >= 4 is 17.8 Å². The number of nitrogens with two attached hydrogens (primary N) is 2.